The molecule has 0 amide bonds. The van der Waals surface area contributed by atoms with Gasteiger partial charge in [-0.1, -0.05) is 36.4 Å². The van der Waals surface area contributed by atoms with Crippen molar-refractivity contribution in [3.05, 3.63) is 59.7 Å². The lowest BCUT2D eigenvalue weighted by Gasteiger charge is -2.09. The molecule has 0 spiro atoms. The van der Waals surface area contributed by atoms with Crippen LogP contribution in [0.4, 0.5) is 11.4 Å². The molecule has 4 rings (SSSR count). The summed E-state index contributed by atoms with van der Waals surface area (Å²) in [6.07, 6.45) is 4.63. The molecule has 0 saturated carbocycles. The molecule has 0 aliphatic carbocycles. The van der Waals surface area contributed by atoms with Crippen LogP contribution < -0.4 is 24.8 Å². The lowest BCUT2D eigenvalue weighted by atomic mass is 9.87. The highest BCUT2D eigenvalue weighted by Gasteiger charge is 2.36. The largest absolute Gasteiger partial charge is 1.00 e. The molecule has 2 aliphatic heterocycles. The molecule has 2 aromatic carbocycles. The zero-order valence-electron chi connectivity index (χ0n) is 17.8. The Bertz CT molecular complexity index is 806. The monoisotopic (exact) mass is 418 g/mol. The molecule has 0 atom stereocenters. The number of hydrogen-bond acceptors (Lipinski definition) is 0. The lowest BCUT2D eigenvalue weighted by Crippen LogP contribution is -3.00. The number of hydrogen-bond donors (Lipinski definition) is 0. The lowest BCUT2D eigenvalue weighted by molar-refractivity contribution is -0.429. The molecule has 0 aromatic heterocycles. The van der Waals surface area contributed by atoms with Crippen molar-refractivity contribution in [3.63, 3.8) is 0 Å². The average molecular weight is 419 g/mol. The van der Waals surface area contributed by atoms with E-state index >= 15 is 0 Å². The van der Waals surface area contributed by atoms with E-state index in [1.165, 1.54) is 22.5 Å². The van der Waals surface area contributed by atoms with Crippen molar-refractivity contribution in [3.8, 4) is 0 Å². The van der Waals surface area contributed by atoms with E-state index < -0.39 is 0 Å². The van der Waals surface area contributed by atoms with E-state index in [0.29, 0.717) is 0 Å². The number of rotatable bonds is 2. The first-order valence-corrected chi connectivity index (χ1v) is 9.74. The van der Waals surface area contributed by atoms with Gasteiger partial charge < -0.3 is 24.8 Å². The highest BCUT2D eigenvalue weighted by atomic mass is 35.5. The third-order valence-electron chi connectivity index (χ3n) is 5.45. The normalized spacial score (nSPS) is 16.9. The van der Waals surface area contributed by atoms with Gasteiger partial charge in [-0.25, -0.2) is 9.15 Å². The van der Waals surface area contributed by atoms with Gasteiger partial charge in [0, 0.05) is 23.3 Å². The van der Waals surface area contributed by atoms with Gasteiger partial charge in [0.15, 0.2) is 12.4 Å². The van der Waals surface area contributed by atoms with Gasteiger partial charge in [0.2, 0.25) is 11.4 Å². The second-order valence-corrected chi connectivity index (χ2v) is 8.31. The Morgan fingerprint density at radius 2 is 0.929 bits per heavy atom. The van der Waals surface area contributed by atoms with Gasteiger partial charge in [0.1, 0.15) is 13.1 Å². The topological polar surface area (TPSA) is 6.02 Å². The summed E-state index contributed by atoms with van der Waals surface area (Å²) >= 11 is 0. The van der Waals surface area contributed by atoms with Crippen LogP contribution in [-0.4, -0.2) is 34.7 Å². The minimum Gasteiger partial charge on any atom is -1.00 e. The highest BCUT2D eigenvalue weighted by Crippen LogP contribution is 2.36. The second kappa shape index (κ2) is 9.24. The summed E-state index contributed by atoms with van der Waals surface area (Å²) in [6.45, 7) is 15.6. The fraction of sp³-hybridized carbons (Fsp3) is 0.417. The molecule has 0 unspecified atom stereocenters. The maximum absolute atomic E-state index is 2.33. The molecule has 0 radical (unpaired) electrons. The van der Waals surface area contributed by atoms with Crippen LogP contribution in [0.15, 0.2) is 48.5 Å². The third-order valence-corrected chi connectivity index (χ3v) is 5.45. The van der Waals surface area contributed by atoms with Gasteiger partial charge in [0.25, 0.3) is 0 Å². The van der Waals surface area contributed by atoms with Gasteiger partial charge in [-0.15, -0.1) is 0 Å². The van der Waals surface area contributed by atoms with Gasteiger partial charge in [0.05, 0.1) is 10.8 Å². The van der Waals surface area contributed by atoms with Crippen LogP contribution in [0.3, 0.4) is 0 Å². The van der Waals surface area contributed by atoms with E-state index in [9.17, 15) is 0 Å². The number of fused-ring (bicyclic) bond motifs is 2. The van der Waals surface area contributed by atoms with Crippen molar-refractivity contribution >= 4 is 23.8 Å². The van der Waals surface area contributed by atoms with Crippen LogP contribution in [0.25, 0.3) is 0 Å². The van der Waals surface area contributed by atoms with E-state index in [0.717, 1.165) is 13.1 Å². The first-order chi connectivity index (χ1) is 12.3. The van der Waals surface area contributed by atoms with Crippen molar-refractivity contribution in [1.82, 2.24) is 0 Å². The molecule has 2 nitrogen and oxygen atoms in total. The Kier molecular flexibility index (Phi) is 8.05. The molecule has 2 heterocycles. The van der Waals surface area contributed by atoms with Gasteiger partial charge >= 0.3 is 0 Å². The van der Waals surface area contributed by atoms with Gasteiger partial charge in [-0.05, 0) is 41.5 Å². The number of nitrogens with zero attached hydrogens (tertiary/aromatic N) is 2. The Morgan fingerprint density at radius 1 is 0.607 bits per heavy atom. The predicted octanol–water partition coefficient (Wildman–Crippen LogP) is -0.567. The molecule has 0 saturated heterocycles. The van der Waals surface area contributed by atoms with Crippen LogP contribution in [0, 0.1) is 0 Å². The van der Waals surface area contributed by atoms with Crippen LogP contribution in [0.2, 0.25) is 0 Å². The Morgan fingerprint density at radius 3 is 1.25 bits per heavy atom. The molecule has 0 N–H and O–H groups in total. The summed E-state index contributed by atoms with van der Waals surface area (Å²) in [5.41, 5.74) is 6.03. The highest BCUT2D eigenvalue weighted by molar-refractivity contribution is 5.77. The third kappa shape index (κ3) is 4.50. The van der Waals surface area contributed by atoms with Crippen molar-refractivity contribution in [1.29, 1.82) is 0 Å². The van der Waals surface area contributed by atoms with Crippen LogP contribution in [-0.2, 0) is 10.8 Å². The van der Waals surface area contributed by atoms with E-state index in [1.807, 2.05) is 0 Å². The summed E-state index contributed by atoms with van der Waals surface area (Å²) in [4.78, 5) is 0. The molecule has 2 aliphatic rings. The minimum absolute atomic E-state index is 0. The van der Waals surface area contributed by atoms with Gasteiger partial charge in [-0.2, -0.15) is 0 Å². The first-order valence-electron chi connectivity index (χ1n) is 9.74. The van der Waals surface area contributed by atoms with E-state index in [4.69, 9.17) is 0 Å². The summed E-state index contributed by atoms with van der Waals surface area (Å²) in [5.74, 6) is 0. The quantitative estimate of drug-likeness (QED) is 0.576. The Hall–Kier alpha value is -1.64. The van der Waals surface area contributed by atoms with E-state index in [1.54, 1.807) is 0 Å². The van der Waals surface area contributed by atoms with Gasteiger partial charge in [-0.3, -0.25) is 0 Å². The molecule has 0 fully saturated rings. The molecular weight excluding hydrogens is 387 g/mol. The summed E-state index contributed by atoms with van der Waals surface area (Å²) < 4.78 is 4.66. The Balaban J connectivity index is 0.000000261. The average Bonchev–Trinajstić information content (AvgIpc) is 3.06. The zero-order valence-corrected chi connectivity index (χ0v) is 19.3. The maximum atomic E-state index is 2.33. The fourth-order valence-corrected chi connectivity index (χ4v) is 4.12. The SMILES string of the molecule is CC[N+]1=CC(C)(C)c2ccccc21.CC[N+]1=CC(C)(C)c2ccccc21.[Cl-].[Cl-]. The predicted molar refractivity (Wildman–Crippen MR) is 112 cm³/mol. The number of para-hydroxylation sites is 2. The zero-order chi connectivity index (χ0) is 18.9. The smallest absolute Gasteiger partial charge is 0.209 e. The standard InChI is InChI=1S/2C12H16N.2ClH/c2*1-4-13-9-12(2,3)10-7-5-6-8-11(10)13;;/h2*5-9H,4H2,1-3H3;2*1H/q2*+1;;/p-2. The van der Waals surface area contributed by atoms with Crippen LogP contribution in [0.5, 0.6) is 0 Å². The molecule has 28 heavy (non-hydrogen) atoms. The first kappa shape index (κ1) is 24.4. The number of benzene rings is 2. The fourth-order valence-electron chi connectivity index (χ4n) is 4.12. The molecule has 4 heteroatoms. The van der Waals surface area contributed by atoms with E-state index in [-0.39, 0.29) is 35.6 Å². The molecule has 0 bridgehead atoms. The molecule has 152 valence electrons. The summed E-state index contributed by atoms with van der Waals surface area (Å²) in [6, 6.07) is 17.3. The van der Waals surface area contributed by atoms with Crippen molar-refractivity contribution < 1.29 is 34.0 Å². The molecular formula is C24H32Cl2N2. The Labute approximate surface area is 182 Å². The molecule has 2 aromatic rings. The van der Waals surface area contributed by atoms with Crippen LogP contribution >= 0.6 is 0 Å². The maximum Gasteiger partial charge on any atom is 0.209 e. The van der Waals surface area contributed by atoms with Crippen molar-refractivity contribution in [2.45, 2.75) is 52.4 Å². The summed E-state index contributed by atoms with van der Waals surface area (Å²) in [7, 11) is 0. The second-order valence-electron chi connectivity index (χ2n) is 8.31. The van der Waals surface area contributed by atoms with Crippen LogP contribution in [0.1, 0.15) is 52.7 Å². The van der Waals surface area contributed by atoms with E-state index in [2.05, 4.69) is 112 Å². The minimum atomic E-state index is 0. The summed E-state index contributed by atoms with van der Waals surface area (Å²) in [5, 5.41) is 0. The number of halogens is 2. The van der Waals surface area contributed by atoms with Crippen molar-refractivity contribution in [2.75, 3.05) is 13.1 Å². The van der Waals surface area contributed by atoms with Crippen molar-refractivity contribution in [2.24, 2.45) is 0 Å².